The van der Waals surface area contributed by atoms with Crippen LogP contribution in [0.3, 0.4) is 0 Å². The lowest BCUT2D eigenvalue weighted by Gasteiger charge is -2.30. The molecule has 0 aromatic heterocycles. The number of benzene rings is 2. The maximum Gasteiger partial charge on any atom is 0.253 e. The van der Waals surface area contributed by atoms with E-state index in [9.17, 15) is 26.8 Å². The van der Waals surface area contributed by atoms with E-state index in [1.54, 1.807) is 24.3 Å². The summed E-state index contributed by atoms with van der Waals surface area (Å²) < 4.78 is 53.3. The van der Waals surface area contributed by atoms with Gasteiger partial charge < -0.3 is 10.6 Å². The van der Waals surface area contributed by atoms with Crippen LogP contribution in [0.25, 0.3) is 0 Å². The molecule has 2 N–H and O–H groups in total. The summed E-state index contributed by atoms with van der Waals surface area (Å²) in [6, 6.07) is 9.14. The lowest BCUT2D eigenvalue weighted by molar-refractivity contribution is -0.120. The summed E-state index contributed by atoms with van der Waals surface area (Å²) in [5.74, 6) is -3.40. The van der Waals surface area contributed by atoms with Crippen molar-refractivity contribution in [3.05, 3.63) is 59.7 Å². The minimum atomic E-state index is -4.00. The minimum Gasteiger partial charge on any atom is -0.350 e. The summed E-state index contributed by atoms with van der Waals surface area (Å²) >= 11 is 0. The first-order valence-corrected chi connectivity index (χ1v) is 12.2. The highest BCUT2D eigenvalue weighted by Crippen LogP contribution is 2.26. The summed E-state index contributed by atoms with van der Waals surface area (Å²) in [6.45, 7) is 3.98. The second-order valence-corrected chi connectivity index (χ2v) is 10.0. The molecule has 3 rings (SSSR count). The van der Waals surface area contributed by atoms with Gasteiger partial charge in [0.15, 0.2) is 11.6 Å². The third-order valence-electron chi connectivity index (χ3n) is 5.77. The summed E-state index contributed by atoms with van der Waals surface area (Å²) in [7, 11) is -4.00. The standard InChI is InChI=1S/C23H27F2N3O4S/c1-3-15(2)26-23(30)18-6-4-5-7-21(18)27-22(29)16-10-12-28(13-11-16)33(31,32)17-8-9-19(24)20(25)14-17/h4-9,14-16H,3,10-13H2,1-2H3,(H,26,30)(H,27,29). The number of amides is 2. The minimum absolute atomic E-state index is 0.0119. The van der Waals surface area contributed by atoms with Crippen LogP contribution >= 0.6 is 0 Å². The quantitative estimate of drug-likeness (QED) is 0.635. The molecule has 1 fully saturated rings. The number of sulfonamides is 1. The van der Waals surface area contributed by atoms with Crippen molar-refractivity contribution in [3.8, 4) is 0 Å². The highest BCUT2D eigenvalue weighted by atomic mass is 32.2. The van der Waals surface area contributed by atoms with Gasteiger partial charge in [0, 0.05) is 25.0 Å². The van der Waals surface area contributed by atoms with E-state index in [1.807, 2.05) is 13.8 Å². The van der Waals surface area contributed by atoms with Crippen molar-refractivity contribution in [2.45, 2.75) is 44.0 Å². The van der Waals surface area contributed by atoms with Gasteiger partial charge in [-0.1, -0.05) is 19.1 Å². The van der Waals surface area contributed by atoms with E-state index in [2.05, 4.69) is 10.6 Å². The Kier molecular flexibility index (Phi) is 7.80. The molecular weight excluding hydrogens is 452 g/mol. The largest absolute Gasteiger partial charge is 0.350 e. The summed E-state index contributed by atoms with van der Waals surface area (Å²) in [6.07, 6.45) is 1.29. The highest BCUT2D eigenvalue weighted by Gasteiger charge is 2.33. The van der Waals surface area contributed by atoms with Crippen molar-refractivity contribution >= 4 is 27.5 Å². The molecule has 178 valence electrons. The second-order valence-electron chi connectivity index (χ2n) is 8.07. The van der Waals surface area contributed by atoms with Crippen LogP contribution in [-0.4, -0.2) is 43.7 Å². The molecule has 1 unspecified atom stereocenters. The molecule has 7 nitrogen and oxygen atoms in total. The Morgan fingerprint density at radius 2 is 1.76 bits per heavy atom. The fourth-order valence-electron chi connectivity index (χ4n) is 3.57. The van der Waals surface area contributed by atoms with E-state index in [0.29, 0.717) is 17.3 Å². The molecule has 1 aliphatic rings. The summed E-state index contributed by atoms with van der Waals surface area (Å²) in [5.41, 5.74) is 0.740. The van der Waals surface area contributed by atoms with Gasteiger partial charge in [-0.2, -0.15) is 4.31 Å². The number of hydrogen-bond acceptors (Lipinski definition) is 4. The number of para-hydroxylation sites is 1. The maximum atomic E-state index is 13.5. The fraction of sp³-hybridized carbons (Fsp3) is 0.391. The first-order valence-electron chi connectivity index (χ1n) is 10.8. The number of hydrogen-bond donors (Lipinski definition) is 2. The number of anilines is 1. The van der Waals surface area contributed by atoms with Crippen molar-refractivity contribution < 1.29 is 26.8 Å². The zero-order valence-corrected chi connectivity index (χ0v) is 19.3. The van der Waals surface area contributed by atoms with Crippen LogP contribution in [-0.2, 0) is 14.8 Å². The van der Waals surface area contributed by atoms with Crippen molar-refractivity contribution in [1.82, 2.24) is 9.62 Å². The Morgan fingerprint density at radius 1 is 1.09 bits per heavy atom. The molecule has 0 radical (unpaired) electrons. The predicted molar refractivity (Wildman–Crippen MR) is 120 cm³/mol. The van der Waals surface area contributed by atoms with Crippen molar-refractivity contribution in [2.24, 2.45) is 5.92 Å². The molecule has 0 saturated carbocycles. The second kappa shape index (κ2) is 10.4. The van der Waals surface area contributed by atoms with Gasteiger partial charge in [-0.05, 0) is 56.5 Å². The number of halogens is 2. The molecule has 0 bridgehead atoms. The van der Waals surface area contributed by atoms with Crippen molar-refractivity contribution in [2.75, 3.05) is 18.4 Å². The van der Waals surface area contributed by atoms with Crippen LogP contribution in [0.2, 0.25) is 0 Å². The number of carbonyl (C=O) groups excluding carboxylic acids is 2. The molecular formula is C23H27F2N3O4S. The zero-order chi connectivity index (χ0) is 24.2. The average molecular weight is 480 g/mol. The maximum absolute atomic E-state index is 13.5. The molecule has 0 spiro atoms. The SMILES string of the molecule is CCC(C)NC(=O)c1ccccc1NC(=O)C1CCN(S(=O)(=O)c2ccc(F)c(F)c2)CC1. The van der Waals surface area contributed by atoms with Gasteiger partial charge in [-0.25, -0.2) is 17.2 Å². The molecule has 1 atom stereocenters. The average Bonchev–Trinajstić information content (AvgIpc) is 2.81. The number of nitrogens with one attached hydrogen (secondary N) is 2. The molecule has 10 heteroatoms. The van der Waals surface area contributed by atoms with Gasteiger partial charge in [0.2, 0.25) is 15.9 Å². The van der Waals surface area contributed by atoms with Crippen LogP contribution in [0, 0.1) is 17.6 Å². The van der Waals surface area contributed by atoms with Crippen LogP contribution in [0.1, 0.15) is 43.5 Å². The first kappa shape index (κ1) is 24.8. The predicted octanol–water partition coefficient (Wildman–Crippen LogP) is 3.53. The Hall–Kier alpha value is -2.85. The lowest BCUT2D eigenvalue weighted by atomic mass is 9.97. The third-order valence-corrected chi connectivity index (χ3v) is 7.67. The number of nitrogens with zero attached hydrogens (tertiary/aromatic N) is 1. The van der Waals surface area contributed by atoms with Gasteiger partial charge in [-0.3, -0.25) is 9.59 Å². The molecule has 1 heterocycles. The number of carbonyl (C=O) groups is 2. The lowest BCUT2D eigenvalue weighted by Crippen LogP contribution is -2.41. The van der Waals surface area contributed by atoms with Crippen LogP contribution in [0.4, 0.5) is 14.5 Å². The van der Waals surface area contributed by atoms with E-state index in [-0.39, 0.29) is 48.7 Å². The van der Waals surface area contributed by atoms with E-state index in [4.69, 9.17) is 0 Å². The zero-order valence-electron chi connectivity index (χ0n) is 18.5. The molecule has 2 aromatic carbocycles. The van der Waals surface area contributed by atoms with Gasteiger partial charge in [0.25, 0.3) is 5.91 Å². The van der Waals surface area contributed by atoms with Gasteiger partial charge >= 0.3 is 0 Å². The molecule has 1 aliphatic heterocycles. The summed E-state index contributed by atoms with van der Waals surface area (Å²) in [4.78, 5) is 25.0. The molecule has 33 heavy (non-hydrogen) atoms. The number of piperidine rings is 1. The van der Waals surface area contributed by atoms with Crippen LogP contribution in [0.15, 0.2) is 47.4 Å². The first-order chi connectivity index (χ1) is 15.6. The Labute approximate surface area is 192 Å². The van der Waals surface area contributed by atoms with E-state index >= 15 is 0 Å². The topological polar surface area (TPSA) is 95.6 Å². The molecule has 2 amide bonds. The van der Waals surface area contributed by atoms with Crippen LogP contribution in [0.5, 0.6) is 0 Å². The van der Waals surface area contributed by atoms with Crippen molar-refractivity contribution in [3.63, 3.8) is 0 Å². The van der Waals surface area contributed by atoms with Gasteiger partial charge in [0.1, 0.15) is 0 Å². The van der Waals surface area contributed by atoms with E-state index in [1.165, 1.54) is 0 Å². The Morgan fingerprint density at radius 3 is 2.39 bits per heavy atom. The number of rotatable bonds is 7. The Balaban J connectivity index is 1.64. The normalized spacial score (nSPS) is 16.2. The van der Waals surface area contributed by atoms with E-state index in [0.717, 1.165) is 22.9 Å². The van der Waals surface area contributed by atoms with E-state index < -0.39 is 27.6 Å². The molecule has 0 aliphatic carbocycles. The monoisotopic (exact) mass is 479 g/mol. The van der Waals surface area contributed by atoms with Crippen LogP contribution < -0.4 is 10.6 Å². The molecule has 2 aromatic rings. The fourth-order valence-corrected chi connectivity index (χ4v) is 5.06. The molecule has 1 saturated heterocycles. The highest BCUT2D eigenvalue weighted by molar-refractivity contribution is 7.89. The smallest absolute Gasteiger partial charge is 0.253 e. The van der Waals surface area contributed by atoms with Gasteiger partial charge in [-0.15, -0.1) is 0 Å². The summed E-state index contributed by atoms with van der Waals surface area (Å²) in [5, 5.41) is 5.66. The third kappa shape index (κ3) is 5.75. The Bertz CT molecular complexity index is 1130. The van der Waals surface area contributed by atoms with Crippen molar-refractivity contribution in [1.29, 1.82) is 0 Å². The van der Waals surface area contributed by atoms with Gasteiger partial charge in [0.05, 0.1) is 16.1 Å².